The van der Waals surface area contributed by atoms with Crippen LogP contribution >= 0.6 is 0 Å². The number of benzene rings is 1. The topological polar surface area (TPSA) is 120 Å². The third-order valence-electron chi connectivity index (χ3n) is 2.53. The minimum absolute atomic E-state index is 0.167. The van der Waals surface area contributed by atoms with E-state index in [1.165, 1.54) is 0 Å². The summed E-state index contributed by atoms with van der Waals surface area (Å²) in [5, 5.41) is 22.8. The lowest BCUT2D eigenvalue weighted by Crippen LogP contribution is -2.49. The van der Waals surface area contributed by atoms with Crippen LogP contribution in [0.1, 0.15) is 0 Å². The summed E-state index contributed by atoms with van der Waals surface area (Å²) in [5.74, 6) is -4.03. The molecule has 3 N–H and O–H groups in total. The maximum Gasteiger partial charge on any atom is 0.430 e. The molecule has 1 atom stereocenters. The number of alkyl halides is 3. The van der Waals surface area contributed by atoms with Gasteiger partial charge in [-0.3, -0.25) is 4.79 Å². The summed E-state index contributed by atoms with van der Waals surface area (Å²) in [5.41, 5.74) is 6.25. The van der Waals surface area contributed by atoms with Crippen molar-refractivity contribution in [1.82, 2.24) is 5.10 Å². The van der Waals surface area contributed by atoms with Gasteiger partial charge in [-0.2, -0.15) is 13.2 Å². The fourth-order valence-corrected chi connectivity index (χ4v) is 1.44. The van der Waals surface area contributed by atoms with Gasteiger partial charge in [0.15, 0.2) is 18.8 Å². The van der Waals surface area contributed by atoms with Crippen LogP contribution in [0, 0.1) is 0 Å². The molecule has 23 heavy (non-hydrogen) atoms. The SMILES string of the molecule is NC(C[n+]1ccc2ccccc2n1)C(=O)O.O=C([O-])C(F)(F)F. The average molecular weight is 331 g/mol. The molecule has 0 aliphatic rings. The Morgan fingerprint density at radius 3 is 2.39 bits per heavy atom. The van der Waals surface area contributed by atoms with E-state index in [0.29, 0.717) is 0 Å². The van der Waals surface area contributed by atoms with Gasteiger partial charge < -0.3 is 20.7 Å². The molecule has 1 aromatic heterocycles. The maximum atomic E-state index is 10.6. The fraction of sp³-hybridized carbons (Fsp3) is 0.231. The minimum Gasteiger partial charge on any atom is -0.542 e. The van der Waals surface area contributed by atoms with Crippen LogP contribution in [0.15, 0.2) is 36.5 Å². The Morgan fingerprint density at radius 1 is 1.30 bits per heavy atom. The van der Waals surface area contributed by atoms with Gasteiger partial charge in [0.1, 0.15) is 11.5 Å². The highest BCUT2D eigenvalue weighted by molar-refractivity contribution is 5.76. The maximum absolute atomic E-state index is 10.6. The van der Waals surface area contributed by atoms with Crippen LogP contribution in [0.4, 0.5) is 13.2 Å². The lowest BCUT2D eigenvalue weighted by Gasteiger charge is -2.03. The summed E-state index contributed by atoms with van der Waals surface area (Å²) in [6.45, 7) is 0.167. The molecule has 0 saturated heterocycles. The van der Waals surface area contributed by atoms with E-state index in [2.05, 4.69) is 5.10 Å². The second-order valence-electron chi connectivity index (χ2n) is 4.33. The molecule has 1 unspecified atom stereocenters. The van der Waals surface area contributed by atoms with Crippen LogP contribution < -0.4 is 15.5 Å². The molecule has 0 spiro atoms. The Balaban J connectivity index is 0.000000322. The fourth-order valence-electron chi connectivity index (χ4n) is 1.44. The van der Waals surface area contributed by atoms with Gasteiger partial charge in [0.2, 0.25) is 0 Å². The van der Waals surface area contributed by atoms with E-state index >= 15 is 0 Å². The van der Waals surface area contributed by atoms with Crippen molar-refractivity contribution in [3.63, 3.8) is 0 Å². The number of hydrogen-bond acceptors (Lipinski definition) is 5. The second-order valence-corrected chi connectivity index (χ2v) is 4.33. The number of fused-ring (bicyclic) bond motifs is 1. The van der Waals surface area contributed by atoms with E-state index in [4.69, 9.17) is 20.7 Å². The summed E-state index contributed by atoms with van der Waals surface area (Å²) >= 11 is 0. The number of nitrogens with two attached hydrogens (primary N) is 1. The van der Waals surface area contributed by atoms with E-state index in [9.17, 15) is 18.0 Å². The molecule has 1 heterocycles. The number of aliphatic carboxylic acids is 2. The third kappa shape index (κ3) is 5.87. The Hall–Kier alpha value is -2.75. The molecule has 0 fully saturated rings. The molecule has 2 aromatic rings. The molecular formula is C13H12F3N3O4. The first-order valence-electron chi connectivity index (χ1n) is 6.13. The zero-order valence-corrected chi connectivity index (χ0v) is 11.5. The number of carboxylic acids is 2. The van der Waals surface area contributed by atoms with Crippen LogP contribution in [-0.4, -0.2) is 34.4 Å². The molecule has 7 nitrogen and oxygen atoms in total. The van der Waals surface area contributed by atoms with E-state index in [1.54, 1.807) is 10.9 Å². The number of carbonyl (C=O) groups is 2. The number of halogens is 3. The molecule has 2 rings (SSSR count). The van der Waals surface area contributed by atoms with Crippen molar-refractivity contribution >= 4 is 22.8 Å². The molecule has 0 amide bonds. The van der Waals surface area contributed by atoms with Crippen molar-refractivity contribution in [1.29, 1.82) is 0 Å². The molecule has 1 aromatic carbocycles. The highest BCUT2D eigenvalue weighted by atomic mass is 19.4. The van der Waals surface area contributed by atoms with Gasteiger partial charge in [0, 0.05) is 16.6 Å². The number of carbonyl (C=O) groups excluding carboxylic acids is 1. The van der Waals surface area contributed by atoms with Crippen LogP contribution in [0.5, 0.6) is 0 Å². The van der Waals surface area contributed by atoms with Crippen LogP contribution in [0.25, 0.3) is 10.9 Å². The van der Waals surface area contributed by atoms with Gasteiger partial charge in [-0.1, -0.05) is 22.9 Å². The highest BCUT2D eigenvalue weighted by Crippen LogP contribution is 2.11. The molecular weight excluding hydrogens is 319 g/mol. The van der Waals surface area contributed by atoms with Crippen molar-refractivity contribution in [2.24, 2.45) is 5.73 Å². The standard InChI is InChI=1S/C11H11N3O2.C2HF3O2/c12-9(11(15)16)7-14-6-5-8-3-1-2-4-10(8)13-14;3-2(4,5)1(6)7/h1-6,9H,7,12H2;(H,6,7). The summed E-state index contributed by atoms with van der Waals surface area (Å²) in [6, 6.07) is 8.59. The van der Waals surface area contributed by atoms with Gasteiger partial charge in [-0.05, 0) is 6.07 Å². The second kappa shape index (κ2) is 7.49. The van der Waals surface area contributed by atoms with Crippen molar-refractivity contribution in [2.75, 3.05) is 0 Å². The summed E-state index contributed by atoms with van der Waals surface area (Å²) in [7, 11) is 0. The Bertz CT molecular complexity index is 706. The molecule has 10 heteroatoms. The molecule has 0 aliphatic carbocycles. The number of hydrogen-bond donors (Lipinski definition) is 2. The number of aromatic nitrogens is 2. The predicted octanol–water partition coefficient (Wildman–Crippen LogP) is -0.767. The average Bonchev–Trinajstić information content (AvgIpc) is 2.46. The van der Waals surface area contributed by atoms with Crippen molar-refractivity contribution in [3.8, 4) is 0 Å². The Kier molecular flexibility index (Phi) is 5.96. The Morgan fingerprint density at radius 2 is 1.87 bits per heavy atom. The number of nitrogens with zero attached hydrogens (tertiary/aromatic N) is 2. The minimum atomic E-state index is -5.19. The third-order valence-corrected chi connectivity index (χ3v) is 2.53. The Labute approximate surface area is 127 Å². The van der Waals surface area contributed by atoms with Crippen molar-refractivity contribution in [2.45, 2.75) is 18.8 Å². The zero-order chi connectivity index (χ0) is 17.6. The molecule has 0 saturated carbocycles. The largest absolute Gasteiger partial charge is 0.542 e. The monoisotopic (exact) mass is 331 g/mol. The van der Waals surface area contributed by atoms with E-state index in [0.717, 1.165) is 10.9 Å². The highest BCUT2D eigenvalue weighted by Gasteiger charge is 2.28. The number of rotatable bonds is 3. The van der Waals surface area contributed by atoms with Crippen LogP contribution in [-0.2, 0) is 16.1 Å². The van der Waals surface area contributed by atoms with E-state index in [-0.39, 0.29) is 6.54 Å². The zero-order valence-electron chi connectivity index (χ0n) is 11.5. The molecule has 124 valence electrons. The van der Waals surface area contributed by atoms with Gasteiger partial charge >= 0.3 is 12.1 Å². The molecule has 0 aliphatic heterocycles. The lowest BCUT2D eigenvalue weighted by molar-refractivity contribution is -0.751. The van der Waals surface area contributed by atoms with E-state index < -0.39 is 24.2 Å². The quantitative estimate of drug-likeness (QED) is 0.713. The first kappa shape index (κ1) is 18.3. The molecule has 0 radical (unpaired) electrons. The smallest absolute Gasteiger partial charge is 0.430 e. The summed E-state index contributed by atoms with van der Waals surface area (Å²) < 4.78 is 33.1. The lowest BCUT2D eigenvalue weighted by atomic mass is 10.2. The first-order chi connectivity index (χ1) is 10.6. The van der Waals surface area contributed by atoms with Gasteiger partial charge in [-0.15, -0.1) is 0 Å². The summed E-state index contributed by atoms with van der Waals surface area (Å²) in [6.07, 6.45) is -3.47. The van der Waals surface area contributed by atoms with Gasteiger partial charge in [-0.25, -0.2) is 0 Å². The van der Waals surface area contributed by atoms with Gasteiger partial charge in [0.05, 0.1) is 0 Å². The van der Waals surface area contributed by atoms with Crippen molar-refractivity contribution in [3.05, 3.63) is 36.5 Å². The van der Waals surface area contributed by atoms with Crippen LogP contribution in [0.3, 0.4) is 0 Å². The normalized spacial score (nSPS) is 12.2. The van der Waals surface area contributed by atoms with E-state index in [1.807, 2.05) is 30.3 Å². The molecule has 0 bridgehead atoms. The van der Waals surface area contributed by atoms with Gasteiger partial charge in [0.25, 0.3) is 0 Å². The predicted molar refractivity (Wildman–Crippen MR) is 68.6 cm³/mol. The first-order valence-corrected chi connectivity index (χ1v) is 6.13. The van der Waals surface area contributed by atoms with Crippen molar-refractivity contribution < 1.29 is 37.7 Å². The number of carboxylic acid groups (broad SMARTS) is 2. The summed E-state index contributed by atoms with van der Waals surface area (Å²) in [4.78, 5) is 19.4. The van der Waals surface area contributed by atoms with Crippen LogP contribution in [0.2, 0.25) is 0 Å².